The van der Waals surface area contributed by atoms with E-state index in [1.807, 2.05) is 42.5 Å². The summed E-state index contributed by atoms with van der Waals surface area (Å²) in [6, 6.07) is 6.10. The summed E-state index contributed by atoms with van der Waals surface area (Å²) < 4.78 is 0. The molecular weight excluding hydrogens is 184 g/mol. The van der Waals surface area contributed by atoms with E-state index in [0.717, 1.165) is 22.3 Å². The van der Waals surface area contributed by atoms with Crippen LogP contribution in [0.15, 0.2) is 48.3 Å². The maximum atomic E-state index is 9.82. The minimum absolute atomic E-state index is 0.359. The van der Waals surface area contributed by atoms with Gasteiger partial charge in [-0.2, -0.15) is 0 Å². The van der Waals surface area contributed by atoms with Crippen molar-refractivity contribution >= 4 is 17.7 Å². The van der Waals surface area contributed by atoms with Crippen LogP contribution in [0.3, 0.4) is 0 Å². The average Bonchev–Trinajstić information content (AvgIpc) is 2.50. The fraction of sp³-hybridized carbons (Fsp3) is 0. The first-order valence-electron chi connectivity index (χ1n) is 4.96. The van der Waals surface area contributed by atoms with Gasteiger partial charge in [-0.05, 0) is 22.8 Å². The number of aliphatic hydroxyl groups is 1. The first-order chi connectivity index (χ1) is 7.36. The summed E-state index contributed by atoms with van der Waals surface area (Å²) in [5, 5.41) is 9.82. The first-order valence-corrected chi connectivity index (χ1v) is 4.96. The van der Waals surface area contributed by atoms with E-state index in [2.05, 4.69) is 12.1 Å². The molecule has 0 atom stereocenters. The predicted molar refractivity (Wildman–Crippen MR) is 63.2 cm³/mol. The van der Waals surface area contributed by atoms with Gasteiger partial charge in [-0.1, -0.05) is 48.6 Å². The van der Waals surface area contributed by atoms with Gasteiger partial charge in [0.25, 0.3) is 0 Å². The molecule has 0 saturated heterocycles. The Morgan fingerprint density at radius 1 is 0.933 bits per heavy atom. The van der Waals surface area contributed by atoms with Gasteiger partial charge in [0.05, 0.1) is 0 Å². The van der Waals surface area contributed by atoms with Crippen molar-refractivity contribution in [1.82, 2.24) is 0 Å². The molecule has 1 aromatic carbocycles. The maximum absolute atomic E-state index is 9.82. The number of benzene rings is 1. The van der Waals surface area contributed by atoms with E-state index in [4.69, 9.17) is 0 Å². The molecule has 0 spiro atoms. The number of hydrogen-bond acceptors (Lipinski definition) is 1. The van der Waals surface area contributed by atoms with Crippen LogP contribution in [0.25, 0.3) is 17.7 Å². The Labute approximate surface area is 88.4 Å². The average molecular weight is 194 g/mol. The van der Waals surface area contributed by atoms with Gasteiger partial charge in [-0.15, -0.1) is 0 Å². The highest BCUT2D eigenvalue weighted by Crippen LogP contribution is 2.37. The molecule has 72 valence electrons. The highest BCUT2D eigenvalue weighted by atomic mass is 16.3. The molecule has 1 heteroatoms. The number of allylic oxidation sites excluding steroid dienone is 5. The van der Waals surface area contributed by atoms with Crippen LogP contribution in [0.5, 0.6) is 0 Å². The monoisotopic (exact) mass is 194 g/mol. The summed E-state index contributed by atoms with van der Waals surface area (Å²) in [5.41, 5.74) is 4.30. The Balaban J connectivity index is 2.36. The summed E-state index contributed by atoms with van der Waals surface area (Å²) in [4.78, 5) is 0. The van der Waals surface area contributed by atoms with Crippen LogP contribution >= 0.6 is 0 Å². The molecule has 0 bridgehead atoms. The van der Waals surface area contributed by atoms with Crippen molar-refractivity contribution in [2.75, 3.05) is 0 Å². The topological polar surface area (TPSA) is 20.2 Å². The van der Waals surface area contributed by atoms with Crippen molar-refractivity contribution in [1.29, 1.82) is 0 Å². The summed E-state index contributed by atoms with van der Waals surface area (Å²) >= 11 is 0. The van der Waals surface area contributed by atoms with E-state index < -0.39 is 0 Å². The van der Waals surface area contributed by atoms with Crippen molar-refractivity contribution < 1.29 is 5.11 Å². The summed E-state index contributed by atoms with van der Waals surface area (Å²) in [7, 11) is 0. The third-order valence-corrected chi connectivity index (χ3v) is 2.73. The fourth-order valence-corrected chi connectivity index (χ4v) is 2.06. The van der Waals surface area contributed by atoms with Gasteiger partial charge in [-0.3, -0.25) is 0 Å². The molecule has 1 N–H and O–H groups in total. The van der Waals surface area contributed by atoms with Gasteiger partial charge in [0.15, 0.2) is 0 Å². The van der Waals surface area contributed by atoms with Crippen molar-refractivity contribution in [3.8, 4) is 0 Å². The second-order valence-corrected chi connectivity index (χ2v) is 3.67. The van der Waals surface area contributed by atoms with Crippen LogP contribution in [-0.4, -0.2) is 5.11 Å². The third-order valence-electron chi connectivity index (χ3n) is 2.73. The van der Waals surface area contributed by atoms with E-state index in [0.29, 0.717) is 5.76 Å². The zero-order valence-electron chi connectivity index (χ0n) is 8.14. The second-order valence-electron chi connectivity index (χ2n) is 3.67. The molecule has 2 aliphatic rings. The van der Waals surface area contributed by atoms with Gasteiger partial charge >= 0.3 is 0 Å². The van der Waals surface area contributed by atoms with E-state index in [-0.39, 0.29) is 0 Å². The molecule has 0 aliphatic heterocycles. The minimum Gasteiger partial charge on any atom is -0.507 e. The highest BCUT2D eigenvalue weighted by molar-refractivity contribution is 5.96. The van der Waals surface area contributed by atoms with E-state index in [9.17, 15) is 5.11 Å². The van der Waals surface area contributed by atoms with Crippen molar-refractivity contribution in [3.05, 3.63) is 65.0 Å². The molecular formula is C14H10O. The zero-order valence-corrected chi connectivity index (χ0v) is 8.14. The standard InChI is InChI=1S/C14H10O/c15-13-9-11-7-4-6-10-5-2-1-3-8-12(13)14(10)11/h1-9,15H. The van der Waals surface area contributed by atoms with E-state index in [1.54, 1.807) is 0 Å². The molecule has 0 amide bonds. The second kappa shape index (κ2) is 2.99. The van der Waals surface area contributed by atoms with Crippen molar-refractivity contribution in [3.63, 3.8) is 0 Å². The van der Waals surface area contributed by atoms with Crippen LogP contribution in [0.4, 0.5) is 0 Å². The fourth-order valence-electron chi connectivity index (χ4n) is 2.06. The maximum Gasteiger partial charge on any atom is 0.124 e. The van der Waals surface area contributed by atoms with Crippen LogP contribution in [0.2, 0.25) is 0 Å². The van der Waals surface area contributed by atoms with Crippen LogP contribution in [-0.2, 0) is 0 Å². The van der Waals surface area contributed by atoms with Gasteiger partial charge in [-0.25, -0.2) is 0 Å². The van der Waals surface area contributed by atoms with E-state index >= 15 is 0 Å². The SMILES string of the molecule is OC1=Cc2cccc3c2C1=CC=CC=C3. The van der Waals surface area contributed by atoms with E-state index in [1.165, 1.54) is 0 Å². The number of rotatable bonds is 0. The van der Waals surface area contributed by atoms with Gasteiger partial charge in [0.2, 0.25) is 0 Å². The largest absolute Gasteiger partial charge is 0.507 e. The molecule has 0 unspecified atom stereocenters. The molecule has 0 saturated carbocycles. The molecule has 15 heavy (non-hydrogen) atoms. The Kier molecular flexibility index (Phi) is 1.65. The molecule has 0 aromatic heterocycles. The van der Waals surface area contributed by atoms with Gasteiger partial charge in [0.1, 0.15) is 5.76 Å². The molecule has 1 nitrogen and oxygen atoms in total. The highest BCUT2D eigenvalue weighted by Gasteiger charge is 2.20. The molecule has 0 radical (unpaired) electrons. The lowest BCUT2D eigenvalue weighted by molar-refractivity contribution is 0.444. The molecule has 3 rings (SSSR count). The molecule has 1 aromatic rings. The Bertz CT molecular complexity index is 542. The molecule has 0 fully saturated rings. The first kappa shape index (κ1) is 8.30. The Hall–Kier alpha value is -2.02. The number of aliphatic hydroxyl groups excluding tert-OH is 1. The third kappa shape index (κ3) is 1.17. The lowest BCUT2D eigenvalue weighted by Gasteiger charge is -2.07. The Morgan fingerprint density at radius 2 is 1.80 bits per heavy atom. The lowest BCUT2D eigenvalue weighted by atomic mass is 9.97. The van der Waals surface area contributed by atoms with Crippen LogP contribution in [0.1, 0.15) is 16.7 Å². The smallest absolute Gasteiger partial charge is 0.124 e. The summed E-state index contributed by atoms with van der Waals surface area (Å²) in [6.45, 7) is 0. The summed E-state index contributed by atoms with van der Waals surface area (Å²) in [5.74, 6) is 0.359. The summed E-state index contributed by atoms with van der Waals surface area (Å²) in [6.07, 6.45) is 11.8. The van der Waals surface area contributed by atoms with Gasteiger partial charge in [0, 0.05) is 5.57 Å². The van der Waals surface area contributed by atoms with Crippen molar-refractivity contribution in [2.24, 2.45) is 0 Å². The molecule has 2 aliphatic carbocycles. The van der Waals surface area contributed by atoms with Crippen molar-refractivity contribution in [2.45, 2.75) is 0 Å². The predicted octanol–water partition coefficient (Wildman–Crippen LogP) is 3.57. The van der Waals surface area contributed by atoms with Crippen LogP contribution < -0.4 is 0 Å². The number of hydrogen-bond donors (Lipinski definition) is 1. The zero-order chi connectivity index (χ0) is 10.3. The minimum atomic E-state index is 0.359. The normalized spacial score (nSPS) is 16.5. The molecule has 0 heterocycles. The van der Waals surface area contributed by atoms with Crippen LogP contribution in [0, 0.1) is 0 Å². The Morgan fingerprint density at radius 3 is 2.73 bits per heavy atom. The lowest BCUT2D eigenvalue weighted by Crippen LogP contribution is -1.89. The quantitative estimate of drug-likeness (QED) is 0.669. The van der Waals surface area contributed by atoms with Gasteiger partial charge < -0.3 is 5.11 Å².